The van der Waals surface area contributed by atoms with Gasteiger partial charge in [0.15, 0.2) is 0 Å². The normalized spacial score (nSPS) is 19.3. The molecule has 0 aliphatic carbocycles. The Balaban J connectivity index is 2.02. The van der Waals surface area contributed by atoms with Crippen LogP contribution in [0.5, 0.6) is 0 Å². The molecular formula is C12H16N4O2. The fraction of sp³-hybridized carbons (Fsp3) is 0.417. The molecule has 1 aromatic heterocycles. The van der Waals surface area contributed by atoms with Crippen molar-refractivity contribution in [2.45, 2.75) is 25.8 Å². The predicted molar refractivity (Wildman–Crippen MR) is 68.2 cm³/mol. The summed E-state index contributed by atoms with van der Waals surface area (Å²) in [4.78, 5) is 26.7. The standard InChI is InChI=1S/C12H16N4O2/c1-2-14-8-5-9(7-13-6-8)15-10-3-4-11(17)16-12(10)18/h5-7,10,14-15H,2-4H2,1H3,(H,16,17,18). The van der Waals surface area contributed by atoms with E-state index in [0.717, 1.165) is 17.9 Å². The third-order valence-corrected chi connectivity index (χ3v) is 2.70. The summed E-state index contributed by atoms with van der Waals surface area (Å²) in [7, 11) is 0. The van der Waals surface area contributed by atoms with Crippen LogP contribution < -0.4 is 16.0 Å². The van der Waals surface area contributed by atoms with Crippen LogP contribution in [-0.4, -0.2) is 29.4 Å². The lowest BCUT2D eigenvalue weighted by atomic mass is 10.1. The second-order valence-electron chi connectivity index (χ2n) is 4.14. The molecule has 1 fully saturated rings. The van der Waals surface area contributed by atoms with E-state index in [0.29, 0.717) is 12.8 Å². The maximum absolute atomic E-state index is 11.6. The summed E-state index contributed by atoms with van der Waals surface area (Å²) in [5, 5.41) is 8.54. The van der Waals surface area contributed by atoms with Gasteiger partial charge in [0, 0.05) is 13.0 Å². The molecule has 1 aliphatic rings. The molecule has 3 N–H and O–H groups in total. The van der Waals surface area contributed by atoms with E-state index in [1.165, 1.54) is 0 Å². The quantitative estimate of drug-likeness (QED) is 0.684. The van der Waals surface area contributed by atoms with Crippen molar-refractivity contribution in [3.63, 3.8) is 0 Å². The molecule has 6 nitrogen and oxygen atoms in total. The molecule has 2 heterocycles. The van der Waals surface area contributed by atoms with E-state index >= 15 is 0 Å². The van der Waals surface area contributed by atoms with Crippen molar-refractivity contribution in [2.75, 3.05) is 17.2 Å². The molecule has 18 heavy (non-hydrogen) atoms. The van der Waals surface area contributed by atoms with Crippen molar-refractivity contribution in [1.82, 2.24) is 10.3 Å². The molecule has 1 saturated heterocycles. The number of anilines is 2. The fourth-order valence-corrected chi connectivity index (χ4v) is 1.85. The Hall–Kier alpha value is -2.11. The van der Waals surface area contributed by atoms with Crippen molar-refractivity contribution in [2.24, 2.45) is 0 Å². The van der Waals surface area contributed by atoms with Gasteiger partial charge in [0.2, 0.25) is 11.8 Å². The summed E-state index contributed by atoms with van der Waals surface area (Å²) in [5.74, 6) is -0.488. The van der Waals surface area contributed by atoms with Gasteiger partial charge in [-0.1, -0.05) is 0 Å². The average molecular weight is 248 g/mol. The van der Waals surface area contributed by atoms with Gasteiger partial charge in [-0.2, -0.15) is 0 Å². The number of pyridine rings is 1. The van der Waals surface area contributed by atoms with Crippen molar-refractivity contribution < 1.29 is 9.59 Å². The first-order chi connectivity index (χ1) is 8.69. The highest BCUT2D eigenvalue weighted by molar-refractivity contribution is 6.01. The zero-order chi connectivity index (χ0) is 13.0. The van der Waals surface area contributed by atoms with Crippen LogP contribution in [0.15, 0.2) is 18.5 Å². The smallest absolute Gasteiger partial charge is 0.249 e. The number of carbonyl (C=O) groups is 2. The summed E-state index contributed by atoms with van der Waals surface area (Å²) in [6, 6.07) is 1.52. The largest absolute Gasteiger partial charge is 0.384 e. The van der Waals surface area contributed by atoms with Crippen molar-refractivity contribution >= 4 is 23.2 Å². The lowest BCUT2D eigenvalue weighted by molar-refractivity contribution is -0.133. The van der Waals surface area contributed by atoms with E-state index in [1.54, 1.807) is 12.4 Å². The molecule has 0 bridgehead atoms. The van der Waals surface area contributed by atoms with Crippen LogP contribution in [0.2, 0.25) is 0 Å². The molecule has 1 aliphatic heterocycles. The molecule has 2 rings (SSSR count). The summed E-state index contributed by atoms with van der Waals surface area (Å²) < 4.78 is 0. The number of imide groups is 1. The molecule has 2 amide bonds. The van der Waals surface area contributed by atoms with Crippen LogP contribution in [0.1, 0.15) is 19.8 Å². The Bertz CT molecular complexity index is 461. The molecule has 1 atom stereocenters. The fourth-order valence-electron chi connectivity index (χ4n) is 1.85. The Morgan fingerprint density at radius 1 is 1.39 bits per heavy atom. The van der Waals surface area contributed by atoms with Crippen molar-refractivity contribution in [3.05, 3.63) is 18.5 Å². The second-order valence-corrected chi connectivity index (χ2v) is 4.14. The number of hydrogen-bond acceptors (Lipinski definition) is 5. The molecule has 1 unspecified atom stereocenters. The zero-order valence-electron chi connectivity index (χ0n) is 10.2. The lowest BCUT2D eigenvalue weighted by Crippen LogP contribution is -2.47. The van der Waals surface area contributed by atoms with E-state index in [9.17, 15) is 9.59 Å². The second kappa shape index (κ2) is 5.48. The van der Waals surface area contributed by atoms with Gasteiger partial charge in [-0.3, -0.25) is 19.9 Å². The topological polar surface area (TPSA) is 83.1 Å². The molecular weight excluding hydrogens is 232 g/mol. The lowest BCUT2D eigenvalue weighted by Gasteiger charge is -2.22. The number of hydrogen-bond donors (Lipinski definition) is 3. The Kier molecular flexibility index (Phi) is 3.76. The minimum Gasteiger partial charge on any atom is -0.384 e. The summed E-state index contributed by atoms with van der Waals surface area (Å²) in [6.45, 7) is 2.81. The minimum absolute atomic E-state index is 0.211. The van der Waals surface area contributed by atoms with Crippen molar-refractivity contribution in [3.8, 4) is 0 Å². The van der Waals surface area contributed by atoms with Crippen LogP contribution in [0.3, 0.4) is 0 Å². The van der Waals surface area contributed by atoms with Gasteiger partial charge < -0.3 is 10.6 Å². The van der Waals surface area contributed by atoms with Crippen molar-refractivity contribution in [1.29, 1.82) is 0 Å². The Morgan fingerprint density at radius 2 is 2.17 bits per heavy atom. The molecule has 0 aromatic carbocycles. The van der Waals surface area contributed by atoms with Gasteiger partial charge >= 0.3 is 0 Å². The first kappa shape index (κ1) is 12.3. The summed E-state index contributed by atoms with van der Waals surface area (Å²) in [6.07, 6.45) is 4.25. The highest BCUT2D eigenvalue weighted by atomic mass is 16.2. The zero-order valence-corrected chi connectivity index (χ0v) is 10.2. The average Bonchev–Trinajstić information content (AvgIpc) is 2.34. The Labute approximate surface area is 105 Å². The number of aromatic nitrogens is 1. The van der Waals surface area contributed by atoms with E-state index in [-0.39, 0.29) is 17.9 Å². The highest BCUT2D eigenvalue weighted by Gasteiger charge is 2.26. The van der Waals surface area contributed by atoms with Gasteiger partial charge in [-0.05, 0) is 19.4 Å². The monoisotopic (exact) mass is 248 g/mol. The van der Waals surface area contributed by atoms with E-state index < -0.39 is 0 Å². The van der Waals surface area contributed by atoms with Crippen LogP contribution in [0.25, 0.3) is 0 Å². The van der Waals surface area contributed by atoms with Gasteiger partial charge in [0.25, 0.3) is 0 Å². The van der Waals surface area contributed by atoms with Gasteiger partial charge in [0.05, 0.1) is 23.8 Å². The maximum Gasteiger partial charge on any atom is 0.249 e. The molecule has 0 radical (unpaired) electrons. The third kappa shape index (κ3) is 2.97. The number of nitrogens with one attached hydrogen (secondary N) is 3. The van der Waals surface area contributed by atoms with Gasteiger partial charge in [0.1, 0.15) is 6.04 Å². The molecule has 6 heteroatoms. The molecule has 0 saturated carbocycles. The van der Waals surface area contributed by atoms with E-state index in [1.807, 2.05) is 13.0 Å². The van der Waals surface area contributed by atoms with Crippen LogP contribution in [-0.2, 0) is 9.59 Å². The Morgan fingerprint density at radius 3 is 2.89 bits per heavy atom. The maximum atomic E-state index is 11.6. The van der Waals surface area contributed by atoms with Crippen LogP contribution >= 0.6 is 0 Å². The minimum atomic E-state index is -0.374. The number of nitrogens with zero attached hydrogens (tertiary/aromatic N) is 1. The SMILES string of the molecule is CCNc1cncc(NC2CCC(=O)NC2=O)c1. The number of rotatable bonds is 4. The molecule has 0 spiro atoms. The number of amides is 2. The molecule has 1 aromatic rings. The van der Waals surface area contributed by atoms with Gasteiger partial charge in [-0.15, -0.1) is 0 Å². The first-order valence-corrected chi connectivity index (χ1v) is 5.98. The third-order valence-electron chi connectivity index (χ3n) is 2.70. The molecule has 96 valence electrons. The number of piperidine rings is 1. The summed E-state index contributed by atoms with van der Waals surface area (Å²) >= 11 is 0. The van der Waals surface area contributed by atoms with Crippen LogP contribution in [0.4, 0.5) is 11.4 Å². The summed E-state index contributed by atoms with van der Waals surface area (Å²) in [5.41, 5.74) is 1.66. The first-order valence-electron chi connectivity index (χ1n) is 5.98. The van der Waals surface area contributed by atoms with E-state index in [4.69, 9.17) is 0 Å². The van der Waals surface area contributed by atoms with E-state index in [2.05, 4.69) is 20.9 Å². The van der Waals surface area contributed by atoms with Gasteiger partial charge in [-0.25, -0.2) is 0 Å². The van der Waals surface area contributed by atoms with Crippen LogP contribution in [0, 0.1) is 0 Å². The number of carbonyl (C=O) groups excluding carboxylic acids is 2. The predicted octanol–water partition coefficient (Wildman–Crippen LogP) is 0.730. The highest BCUT2D eigenvalue weighted by Crippen LogP contribution is 2.16.